The molecule has 2 nitrogen and oxygen atoms in total. The fourth-order valence-corrected chi connectivity index (χ4v) is 4.03. The Labute approximate surface area is 131 Å². The van der Waals surface area contributed by atoms with Crippen LogP contribution in [0.4, 0.5) is 0 Å². The highest BCUT2D eigenvalue weighted by molar-refractivity contribution is 5.02. The lowest BCUT2D eigenvalue weighted by atomic mass is 9.66. The average Bonchev–Trinajstić information content (AvgIpc) is 3.32. The molecule has 0 aromatic rings. The first kappa shape index (κ1) is 16.8. The van der Waals surface area contributed by atoms with Gasteiger partial charge >= 0.3 is 0 Å². The topological polar surface area (TPSA) is 27.0 Å². The van der Waals surface area contributed by atoms with Crippen LogP contribution in [-0.2, 0) is 0 Å². The summed E-state index contributed by atoms with van der Waals surface area (Å²) in [5, 5.41) is 9.61. The summed E-state index contributed by atoms with van der Waals surface area (Å²) >= 11 is 0. The first-order valence-corrected chi connectivity index (χ1v) is 9.18. The van der Waals surface area contributed by atoms with Gasteiger partial charge in [0.2, 0.25) is 0 Å². The molecule has 2 heteroatoms. The van der Waals surface area contributed by atoms with E-state index in [1.165, 1.54) is 51.5 Å². The van der Waals surface area contributed by atoms with E-state index >= 15 is 0 Å². The van der Waals surface area contributed by atoms with Gasteiger partial charge in [0.25, 0.3) is 0 Å². The predicted molar refractivity (Wildman–Crippen MR) is 88.9 cm³/mol. The van der Waals surface area contributed by atoms with Crippen LogP contribution >= 0.6 is 0 Å². The van der Waals surface area contributed by atoms with E-state index in [9.17, 15) is 5.26 Å². The van der Waals surface area contributed by atoms with Crippen LogP contribution in [0.2, 0.25) is 0 Å². The molecule has 0 radical (unpaired) electrons. The fourth-order valence-electron chi connectivity index (χ4n) is 4.03. The highest BCUT2D eigenvalue weighted by atomic mass is 15.2. The monoisotopic (exact) mass is 290 g/mol. The molecular formula is C19H34N2. The first-order valence-electron chi connectivity index (χ1n) is 9.18. The summed E-state index contributed by atoms with van der Waals surface area (Å²) in [4.78, 5) is 2.73. The number of unbranched alkanes of at least 4 members (excludes halogenated alkanes) is 1. The highest BCUT2D eigenvalue weighted by Gasteiger charge is 2.43. The summed E-state index contributed by atoms with van der Waals surface area (Å²) in [5.74, 6) is 1.06. The van der Waals surface area contributed by atoms with Crippen LogP contribution < -0.4 is 0 Å². The van der Waals surface area contributed by atoms with Gasteiger partial charge in [-0.3, -0.25) is 4.90 Å². The van der Waals surface area contributed by atoms with Crippen molar-refractivity contribution in [3.63, 3.8) is 0 Å². The highest BCUT2D eigenvalue weighted by Crippen LogP contribution is 2.45. The van der Waals surface area contributed by atoms with Crippen LogP contribution in [0, 0.1) is 28.6 Å². The van der Waals surface area contributed by atoms with Crippen LogP contribution in [-0.4, -0.2) is 23.5 Å². The van der Waals surface area contributed by atoms with Gasteiger partial charge in [0.1, 0.15) is 0 Å². The molecule has 2 rings (SSSR count). The van der Waals surface area contributed by atoms with E-state index in [4.69, 9.17) is 0 Å². The zero-order valence-corrected chi connectivity index (χ0v) is 14.6. The van der Waals surface area contributed by atoms with E-state index in [2.05, 4.69) is 38.7 Å². The molecule has 2 fully saturated rings. The van der Waals surface area contributed by atoms with E-state index in [-0.39, 0.29) is 5.92 Å². The van der Waals surface area contributed by atoms with Gasteiger partial charge in [-0.1, -0.05) is 40.5 Å². The number of nitriles is 1. The van der Waals surface area contributed by atoms with Crippen molar-refractivity contribution < 1.29 is 0 Å². The molecule has 0 N–H and O–H groups in total. The van der Waals surface area contributed by atoms with Crippen molar-refractivity contribution in [3.05, 3.63) is 0 Å². The normalized spacial score (nSPS) is 30.4. The summed E-state index contributed by atoms with van der Waals surface area (Å²) in [6, 6.07) is 3.96. The van der Waals surface area contributed by atoms with Crippen LogP contribution in [0.15, 0.2) is 0 Å². The minimum atomic E-state index is 0.270. The van der Waals surface area contributed by atoms with Crippen molar-refractivity contribution in [2.24, 2.45) is 17.3 Å². The third-order valence-electron chi connectivity index (χ3n) is 6.21. The van der Waals surface area contributed by atoms with E-state index in [0.29, 0.717) is 11.5 Å². The molecule has 120 valence electrons. The van der Waals surface area contributed by atoms with Crippen molar-refractivity contribution >= 4 is 0 Å². The minimum absolute atomic E-state index is 0.270. The lowest BCUT2D eigenvalue weighted by Gasteiger charge is -2.45. The van der Waals surface area contributed by atoms with Crippen LogP contribution in [0.1, 0.15) is 79.1 Å². The Balaban J connectivity index is 2.09. The molecule has 0 aromatic heterocycles. The number of hydrogen-bond donors (Lipinski definition) is 0. The quantitative estimate of drug-likeness (QED) is 0.660. The first-order chi connectivity index (χ1) is 10.0. The Morgan fingerprint density at radius 2 is 1.86 bits per heavy atom. The zero-order valence-electron chi connectivity index (χ0n) is 14.6. The molecule has 2 aliphatic carbocycles. The third kappa shape index (κ3) is 4.01. The van der Waals surface area contributed by atoms with E-state index < -0.39 is 0 Å². The molecule has 3 atom stereocenters. The zero-order chi connectivity index (χ0) is 15.5. The van der Waals surface area contributed by atoms with E-state index in [0.717, 1.165) is 18.4 Å². The molecule has 21 heavy (non-hydrogen) atoms. The molecule has 0 heterocycles. The van der Waals surface area contributed by atoms with Gasteiger partial charge in [-0.05, 0) is 56.4 Å². The van der Waals surface area contributed by atoms with Gasteiger partial charge in [-0.15, -0.1) is 0 Å². The maximum Gasteiger partial charge on any atom is 0.0672 e. The van der Waals surface area contributed by atoms with E-state index in [1.807, 2.05) is 0 Å². The summed E-state index contributed by atoms with van der Waals surface area (Å²) in [6.07, 6.45) is 10.1. The van der Waals surface area contributed by atoms with Gasteiger partial charge in [-0.25, -0.2) is 0 Å². The summed E-state index contributed by atoms with van der Waals surface area (Å²) < 4.78 is 0. The fraction of sp³-hybridized carbons (Fsp3) is 0.947. The second kappa shape index (κ2) is 7.14. The van der Waals surface area contributed by atoms with Crippen molar-refractivity contribution in [3.8, 4) is 6.07 Å². The Morgan fingerprint density at radius 1 is 1.14 bits per heavy atom. The number of hydrogen-bond acceptors (Lipinski definition) is 2. The Kier molecular flexibility index (Phi) is 5.72. The Morgan fingerprint density at radius 3 is 2.38 bits per heavy atom. The van der Waals surface area contributed by atoms with Gasteiger partial charge in [0.05, 0.1) is 12.0 Å². The van der Waals surface area contributed by atoms with Crippen molar-refractivity contribution in [1.29, 1.82) is 5.26 Å². The van der Waals surface area contributed by atoms with Crippen LogP contribution in [0.5, 0.6) is 0 Å². The molecule has 0 bridgehead atoms. The molecule has 2 aliphatic rings. The standard InChI is InChI=1S/C19H34N2/c1-5-7-12-21(17-10-11-17)18-13-16(19(3,4)6-2)9-8-15(18)14-20/h15-18H,5-13H2,1-4H3. The van der Waals surface area contributed by atoms with Gasteiger partial charge in [0, 0.05) is 12.1 Å². The molecule has 0 amide bonds. The molecule has 3 unspecified atom stereocenters. The second-order valence-electron chi connectivity index (χ2n) is 7.98. The Bertz CT molecular complexity index is 364. The number of rotatable bonds is 7. The lowest BCUT2D eigenvalue weighted by Crippen LogP contribution is -2.47. The van der Waals surface area contributed by atoms with E-state index in [1.54, 1.807) is 0 Å². The molecule has 0 spiro atoms. The number of nitrogens with zero attached hydrogens (tertiary/aromatic N) is 2. The molecule has 0 aliphatic heterocycles. The van der Waals surface area contributed by atoms with Gasteiger partial charge in [-0.2, -0.15) is 5.26 Å². The largest absolute Gasteiger partial charge is 0.296 e. The molecule has 0 aromatic carbocycles. The maximum atomic E-state index is 9.61. The minimum Gasteiger partial charge on any atom is -0.296 e. The summed E-state index contributed by atoms with van der Waals surface area (Å²) in [6.45, 7) is 10.7. The Hall–Kier alpha value is -0.550. The SMILES string of the molecule is CCCCN(C1CC1)C1CC(C(C)(C)CC)CCC1C#N. The van der Waals surface area contributed by atoms with Gasteiger partial charge in [0.15, 0.2) is 0 Å². The average molecular weight is 290 g/mol. The van der Waals surface area contributed by atoms with Crippen LogP contribution in [0.25, 0.3) is 0 Å². The molecular weight excluding hydrogens is 256 g/mol. The summed E-state index contributed by atoms with van der Waals surface area (Å²) in [7, 11) is 0. The predicted octanol–water partition coefficient (Wildman–Crippen LogP) is 5.00. The molecule has 0 saturated heterocycles. The van der Waals surface area contributed by atoms with Crippen LogP contribution in [0.3, 0.4) is 0 Å². The maximum absolute atomic E-state index is 9.61. The van der Waals surface area contributed by atoms with Crippen molar-refractivity contribution in [2.45, 2.75) is 91.1 Å². The summed E-state index contributed by atoms with van der Waals surface area (Å²) in [5.41, 5.74) is 0.429. The van der Waals surface area contributed by atoms with Gasteiger partial charge < -0.3 is 0 Å². The van der Waals surface area contributed by atoms with Crippen molar-refractivity contribution in [2.75, 3.05) is 6.54 Å². The third-order valence-corrected chi connectivity index (χ3v) is 6.21. The second-order valence-corrected chi connectivity index (χ2v) is 7.98. The smallest absolute Gasteiger partial charge is 0.0672 e. The lowest BCUT2D eigenvalue weighted by molar-refractivity contribution is 0.0463. The molecule has 2 saturated carbocycles. The van der Waals surface area contributed by atoms with Crippen molar-refractivity contribution in [1.82, 2.24) is 4.90 Å².